The molecule has 2 amide bonds. The maximum atomic E-state index is 12.4. The number of ether oxygens (including phenoxy) is 1. The molecule has 1 aliphatic carbocycles. The Hall–Kier alpha value is -2.54. The van der Waals surface area contributed by atoms with Crippen molar-refractivity contribution in [3.63, 3.8) is 0 Å². The number of aromatic nitrogens is 1. The van der Waals surface area contributed by atoms with Crippen LogP contribution in [0.3, 0.4) is 0 Å². The van der Waals surface area contributed by atoms with Gasteiger partial charge in [-0.1, -0.05) is 5.73 Å². The second-order valence-electron chi connectivity index (χ2n) is 4.80. The van der Waals surface area contributed by atoms with Gasteiger partial charge in [0.1, 0.15) is 0 Å². The molecule has 0 spiro atoms. The molecule has 1 unspecified atom stereocenters. The zero-order valence-electron chi connectivity index (χ0n) is 12.0. The average Bonchev–Trinajstić information content (AvgIpc) is 2.43. The number of carbonyl (C=O) groups excluding carboxylic acids is 1. The SMILES string of the molecule is CC(Oc1cc(CNC(=O)NC2=C=C(F)C2)ccn1)C(F)(F)F. The van der Waals surface area contributed by atoms with Crippen molar-refractivity contribution in [1.29, 1.82) is 0 Å². The van der Waals surface area contributed by atoms with Gasteiger partial charge in [-0.05, 0) is 18.6 Å². The lowest BCUT2D eigenvalue weighted by Crippen LogP contribution is -2.35. The quantitative estimate of drug-likeness (QED) is 0.644. The molecule has 1 aromatic heterocycles. The molecular weight excluding hydrogens is 318 g/mol. The van der Waals surface area contributed by atoms with Crippen molar-refractivity contribution in [3.05, 3.63) is 41.1 Å². The van der Waals surface area contributed by atoms with Crippen LogP contribution in [0.25, 0.3) is 0 Å². The van der Waals surface area contributed by atoms with Crippen molar-refractivity contribution in [2.24, 2.45) is 0 Å². The van der Waals surface area contributed by atoms with Gasteiger partial charge >= 0.3 is 12.2 Å². The molecule has 1 heterocycles. The van der Waals surface area contributed by atoms with Crippen LogP contribution in [0.4, 0.5) is 22.4 Å². The number of urea groups is 1. The first-order valence-electron chi connectivity index (χ1n) is 6.61. The van der Waals surface area contributed by atoms with Crippen molar-refractivity contribution in [3.8, 4) is 5.88 Å². The van der Waals surface area contributed by atoms with Crippen LogP contribution in [0.5, 0.6) is 5.88 Å². The smallest absolute Gasteiger partial charge is 0.425 e. The summed E-state index contributed by atoms with van der Waals surface area (Å²) in [5, 5.41) is 4.86. The average molecular weight is 331 g/mol. The number of hydrogen-bond donors (Lipinski definition) is 2. The summed E-state index contributed by atoms with van der Waals surface area (Å²) in [6, 6.07) is 2.25. The molecule has 0 radical (unpaired) electrons. The summed E-state index contributed by atoms with van der Waals surface area (Å²) in [7, 11) is 0. The zero-order chi connectivity index (χ0) is 17.0. The molecule has 0 saturated heterocycles. The first-order valence-corrected chi connectivity index (χ1v) is 6.61. The maximum absolute atomic E-state index is 12.4. The molecule has 0 bridgehead atoms. The van der Waals surface area contributed by atoms with Crippen LogP contribution in [0.1, 0.15) is 18.9 Å². The van der Waals surface area contributed by atoms with Gasteiger partial charge in [0.2, 0.25) is 5.88 Å². The minimum Gasteiger partial charge on any atom is -0.465 e. The normalized spacial score (nSPS) is 15.0. The van der Waals surface area contributed by atoms with E-state index < -0.39 is 24.1 Å². The van der Waals surface area contributed by atoms with Crippen LogP contribution in [0.15, 0.2) is 35.6 Å². The fourth-order valence-electron chi connectivity index (χ4n) is 1.61. The monoisotopic (exact) mass is 331 g/mol. The second kappa shape index (κ2) is 6.70. The van der Waals surface area contributed by atoms with Gasteiger partial charge in [-0.25, -0.2) is 14.2 Å². The van der Waals surface area contributed by atoms with Crippen LogP contribution in [0, 0.1) is 0 Å². The highest BCUT2D eigenvalue weighted by Crippen LogP contribution is 2.24. The van der Waals surface area contributed by atoms with Gasteiger partial charge in [-0.2, -0.15) is 13.2 Å². The summed E-state index contributed by atoms with van der Waals surface area (Å²) >= 11 is 0. The second-order valence-corrected chi connectivity index (χ2v) is 4.80. The maximum Gasteiger partial charge on any atom is 0.425 e. The van der Waals surface area contributed by atoms with Gasteiger partial charge in [0.15, 0.2) is 11.9 Å². The standard InChI is InChI=1S/C14H13F4N3O2/c1-8(14(16,17)18)23-12-4-9(2-3-19-12)7-20-13(22)21-11-5-10(15)6-11/h2-4,8H,5,7H2,1H3,(H2,20,21,22). The van der Waals surface area contributed by atoms with Gasteiger partial charge in [0.25, 0.3) is 0 Å². The Morgan fingerprint density at radius 2 is 2.22 bits per heavy atom. The van der Waals surface area contributed by atoms with Gasteiger partial charge < -0.3 is 15.4 Å². The Balaban J connectivity index is 1.87. The molecule has 9 heteroatoms. The number of carbonyl (C=O) groups is 1. The number of nitrogens with one attached hydrogen (secondary N) is 2. The van der Waals surface area contributed by atoms with E-state index in [1.165, 1.54) is 18.3 Å². The van der Waals surface area contributed by atoms with E-state index in [1.54, 1.807) is 0 Å². The van der Waals surface area contributed by atoms with E-state index in [2.05, 4.69) is 21.3 Å². The van der Waals surface area contributed by atoms with E-state index in [1.807, 2.05) is 0 Å². The highest BCUT2D eigenvalue weighted by molar-refractivity contribution is 5.76. The van der Waals surface area contributed by atoms with E-state index in [4.69, 9.17) is 4.74 Å². The molecule has 1 aromatic rings. The molecule has 2 N–H and O–H groups in total. The van der Waals surface area contributed by atoms with Crippen molar-refractivity contribution in [1.82, 2.24) is 15.6 Å². The minimum absolute atomic E-state index is 0.0238. The third-order valence-electron chi connectivity index (χ3n) is 2.89. The molecule has 0 aromatic carbocycles. The number of alkyl halides is 3. The largest absolute Gasteiger partial charge is 0.465 e. The van der Waals surface area contributed by atoms with Gasteiger partial charge in [-0.15, -0.1) is 0 Å². The van der Waals surface area contributed by atoms with Crippen LogP contribution in [-0.2, 0) is 6.54 Å². The predicted octanol–water partition coefficient (Wildman–Crippen LogP) is 2.95. The molecule has 2 rings (SSSR count). The highest BCUT2D eigenvalue weighted by Gasteiger charge is 2.38. The summed E-state index contributed by atoms with van der Waals surface area (Å²) in [4.78, 5) is 15.2. The van der Waals surface area contributed by atoms with E-state index in [-0.39, 0.29) is 18.8 Å². The summed E-state index contributed by atoms with van der Waals surface area (Å²) in [5.74, 6) is -0.628. The Kier molecular flexibility index (Phi) is 4.90. The lowest BCUT2D eigenvalue weighted by molar-refractivity contribution is -0.190. The van der Waals surface area contributed by atoms with E-state index in [0.29, 0.717) is 11.3 Å². The van der Waals surface area contributed by atoms with Crippen LogP contribution < -0.4 is 15.4 Å². The lowest BCUT2D eigenvalue weighted by Gasteiger charge is -2.17. The van der Waals surface area contributed by atoms with E-state index in [0.717, 1.165) is 6.92 Å². The lowest BCUT2D eigenvalue weighted by atomic mass is 10.2. The number of hydrogen-bond acceptors (Lipinski definition) is 3. The first kappa shape index (κ1) is 16.8. The number of amides is 2. The van der Waals surface area contributed by atoms with E-state index in [9.17, 15) is 22.4 Å². The van der Waals surface area contributed by atoms with Crippen LogP contribution in [-0.4, -0.2) is 23.3 Å². The summed E-state index contributed by atoms with van der Waals surface area (Å²) in [6.45, 7) is 0.920. The van der Waals surface area contributed by atoms with Gasteiger partial charge in [0.05, 0.1) is 12.1 Å². The van der Waals surface area contributed by atoms with Crippen molar-refractivity contribution < 1.29 is 27.1 Å². The summed E-state index contributed by atoms with van der Waals surface area (Å²) in [6.07, 6.45) is -5.18. The molecule has 1 aliphatic rings. The number of halogens is 4. The van der Waals surface area contributed by atoms with Crippen molar-refractivity contribution in [2.75, 3.05) is 0 Å². The fraction of sp³-hybridized carbons (Fsp3) is 0.357. The minimum atomic E-state index is -4.49. The zero-order valence-corrected chi connectivity index (χ0v) is 12.0. The van der Waals surface area contributed by atoms with Crippen LogP contribution in [0.2, 0.25) is 0 Å². The number of pyridine rings is 1. The Morgan fingerprint density at radius 3 is 2.83 bits per heavy atom. The van der Waals surface area contributed by atoms with Gasteiger partial charge in [0, 0.05) is 18.8 Å². The molecule has 0 fully saturated rings. The molecule has 1 atom stereocenters. The molecule has 124 valence electrons. The van der Waals surface area contributed by atoms with Gasteiger partial charge in [-0.3, -0.25) is 0 Å². The third-order valence-corrected chi connectivity index (χ3v) is 2.89. The number of nitrogens with zero attached hydrogens (tertiary/aromatic N) is 1. The fourth-order valence-corrected chi connectivity index (χ4v) is 1.61. The Labute approximate surface area is 129 Å². The molecule has 23 heavy (non-hydrogen) atoms. The van der Waals surface area contributed by atoms with Crippen LogP contribution >= 0.6 is 0 Å². The molecule has 0 saturated carbocycles. The third kappa shape index (κ3) is 5.00. The molecule has 5 nitrogen and oxygen atoms in total. The molecule has 0 aliphatic heterocycles. The topological polar surface area (TPSA) is 63.2 Å². The Bertz CT molecular complexity index is 666. The van der Waals surface area contributed by atoms with E-state index >= 15 is 0 Å². The predicted molar refractivity (Wildman–Crippen MR) is 72.0 cm³/mol. The highest BCUT2D eigenvalue weighted by atomic mass is 19.4. The molecular formula is C14H13F4N3O2. The summed E-state index contributed by atoms with van der Waals surface area (Å²) < 4.78 is 54.4. The summed E-state index contributed by atoms with van der Waals surface area (Å²) in [5.41, 5.74) is 3.11. The van der Waals surface area contributed by atoms with Crippen molar-refractivity contribution >= 4 is 6.03 Å². The Morgan fingerprint density at radius 1 is 1.52 bits per heavy atom. The number of rotatable bonds is 5. The van der Waals surface area contributed by atoms with Crippen molar-refractivity contribution in [2.45, 2.75) is 32.2 Å². The first-order chi connectivity index (χ1) is 10.7.